The van der Waals surface area contributed by atoms with E-state index in [1.807, 2.05) is 12.1 Å². The van der Waals surface area contributed by atoms with Gasteiger partial charge < -0.3 is 5.11 Å². The molecule has 1 aliphatic carbocycles. The Balaban J connectivity index is 1.99. The maximum absolute atomic E-state index is 11.0. The number of carboxylic acids is 1. The molecule has 3 heteroatoms. The molecule has 1 aromatic carbocycles. The smallest absolute Gasteiger partial charge is 0.310 e. The van der Waals surface area contributed by atoms with Gasteiger partial charge in [0.25, 0.3) is 0 Å². The Morgan fingerprint density at radius 3 is 2.30 bits per heavy atom. The van der Waals surface area contributed by atoms with Crippen LogP contribution in [0.5, 0.6) is 0 Å². The molecule has 1 aromatic rings. The maximum atomic E-state index is 11.0. The van der Waals surface area contributed by atoms with Gasteiger partial charge in [0.15, 0.2) is 0 Å². The van der Waals surface area contributed by atoms with Gasteiger partial charge in [-0.15, -0.1) is 0 Å². The number of hydrogen-bond donors (Lipinski definition) is 1. The van der Waals surface area contributed by atoms with E-state index < -0.39 is 11.9 Å². The highest BCUT2D eigenvalue weighted by molar-refractivity contribution is 5.75. The van der Waals surface area contributed by atoms with Crippen molar-refractivity contribution in [2.45, 2.75) is 52.1 Å². The number of rotatable bonds is 7. The summed E-state index contributed by atoms with van der Waals surface area (Å²) >= 11 is 0. The predicted octanol–water partition coefficient (Wildman–Crippen LogP) is 3.50. The van der Waals surface area contributed by atoms with Crippen molar-refractivity contribution in [1.29, 1.82) is 0 Å². The lowest BCUT2D eigenvalue weighted by Gasteiger charge is -2.26. The van der Waals surface area contributed by atoms with Crippen LogP contribution in [0.15, 0.2) is 24.3 Å². The molecule has 0 aliphatic heterocycles. The van der Waals surface area contributed by atoms with Gasteiger partial charge in [0.1, 0.15) is 0 Å². The average Bonchev–Trinajstić information content (AvgIpc) is 3.21. The Hall–Kier alpha value is -1.35. The van der Waals surface area contributed by atoms with Crippen LogP contribution in [0.2, 0.25) is 0 Å². The minimum Gasteiger partial charge on any atom is -0.481 e. The van der Waals surface area contributed by atoms with E-state index in [0.29, 0.717) is 6.04 Å². The molecule has 2 rings (SSSR count). The van der Waals surface area contributed by atoms with Crippen molar-refractivity contribution in [3.05, 3.63) is 35.4 Å². The van der Waals surface area contributed by atoms with E-state index in [9.17, 15) is 4.79 Å². The van der Waals surface area contributed by atoms with Crippen LogP contribution in [0.3, 0.4) is 0 Å². The first-order chi connectivity index (χ1) is 9.47. The summed E-state index contributed by atoms with van der Waals surface area (Å²) < 4.78 is 0. The molecule has 1 N–H and O–H groups in total. The van der Waals surface area contributed by atoms with Crippen molar-refractivity contribution in [2.75, 3.05) is 6.54 Å². The predicted molar refractivity (Wildman–Crippen MR) is 80.8 cm³/mol. The third-order valence-corrected chi connectivity index (χ3v) is 4.16. The number of carboxylic acid groups (broad SMARTS) is 1. The molecule has 0 amide bonds. The van der Waals surface area contributed by atoms with Crippen LogP contribution < -0.4 is 0 Å². The van der Waals surface area contributed by atoms with Crippen molar-refractivity contribution in [2.24, 2.45) is 5.92 Å². The Kier molecular flexibility index (Phi) is 4.81. The van der Waals surface area contributed by atoms with Gasteiger partial charge >= 0.3 is 5.97 Å². The summed E-state index contributed by atoms with van der Waals surface area (Å²) in [4.78, 5) is 13.5. The zero-order valence-electron chi connectivity index (χ0n) is 12.7. The third kappa shape index (κ3) is 4.07. The van der Waals surface area contributed by atoms with Crippen molar-refractivity contribution in [3.63, 3.8) is 0 Å². The first kappa shape index (κ1) is 15.0. The lowest BCUT2D eigenvalue weighted by atomic mass is 10.00. The number of nitrogens with zero attached hydrogens (tertiary/aromatic N) is 1. The maximum Gasteiger partial charge on any atom is 0.310 e. The highest BCUT2D eigenvalue weighted by atomic mass is 16.4. The fourth-order valence-electron chi connectivity index (χ4n) is 2.38. The summed E-state index contributed by atoms with van der Waals surface area (Å²) in [5, 5.41) is 9.02. The summed E-state index contributed by atoms with van der Waals surface area (Å²) in [7, 11) is 0. The van der Waals surface area contributed by atoms with Crippen molar-refractivity contribution < 1.29 is 9.90 Å². The van der Waals surface area contributed by atoms with Gasteiger partial charge in [0, 0.05) is 19.1 Å². The molecule has 1 fully saturated rings. The second-order valence-electron chi connectivity index (χ2n) is 6.27. The SMILES string of the molecule is CC(C(=O)O)c1ccc(CN(CC2CC2)C(C)C)cc1. The van der Waals surface area contributed by atoms with E-state index in [4.69, 9.17) is 5.11 Å². The Morgan fingerprint density at radius 2 is 1.85 bits per heavy atom. The van der Waals surface area contributed by atoms with Crippen LogP contribution in [-0.4, -0.2) is 28.6 Å². The standard InChI is InChI=1S/C17H25NO2/c1-12(2)18(10-14-4-5-14)11-15-6-8-16(9-7-15)13(3)17(19)20/h6-9,12-14H,4-5,10-11H2,1-3H3,(H,19,20). The largest absolute Gasteiger partial charge is 0.481 e. The molecular weight excluding hydrogens is 250 g/mol. The second kappa shape index (κ2) is 6.40. The first-order valence-electron chi connectivity index (χ1n) is 7.53. The summed E-state index contributed by atoms with van der Waals surface area (Å²) in [5.74, 6) is -0.310. The number of aliphatic carboxylic acids is 1. The monoisotopic (exact) mass is 275 g/mol. The Bertz CT molecular complexity index is 449. The van der Waals surface area contributed by atoms with E-state index in [-0.39, 0.29) is 0 Å². The normalized spacial score (nSPS) is 16.6. The van der Waals surface area contributed by atoms with Crippen LogP contribution in [0.4, 0.5) is 0 Å². The highest BCUT2D eigenvalue weighted by Gasteiger charge is 2.25. The fourth-order valence-corrected chi connectivity index (χ4v) is 2.38. The van der Waals surface area contributed by atoms with Gasteiger partial charge in [0.05, 0.1) is 5.92 Å². The molecule has 0 saturated heterocycles. The van der Waals surface area contributed by atoms with Gasteiger partial charge in [-0.05, 0) is 50.7 Å². The van der Waals surface area contributed by atoms with E-state index >= 15 is 0 Å². The lowest BCUT2D eigenvalue weighted by Crippen LogP contribution is -2.32. The number of carbonyl (C=O) groups is 1. The van der Waals surface area contributed by atoms with Crippen LogP contribution in [0.25, 0.3) is 0 Å². The molecular formula is C17H25NO2. The zero-order valence-corrected chi connectivity index (χ0v) is 12.7. The molecule has 1 aliphatic rings. The molecule has 0 spiro atoms. The number of benzene rings is 1. The molecule has 110 valence electrons. The third-order valence-electron chi connectivity index (χ3n) is 4.16. The van der Waals surface area contributed by atoms with Crippen LogP contribution in [0.1, 0.15) is 50.7 Å². The van der Waals surface area contributed by atoms with Crippen molar-refractivity contribution >= 4 is 5.97 Å². The summed E-state index contributed by atoms with van der Waals surface area (Å²) in [6, 6.07) is 8.58. The molecule has 3 nitrogen and oxygen atoms in total. The van der Waals surface area contributed by atoms with Gasteiger partial charge in [-0.1, -0.05) is 24.3 Å². The minimum atomic E-state index is -0.768. The van der Waals surface area contributed by atoms with Gasteiger partial charge in [-0.3, -0.25) is 9.69 Å². The first-order valence-corrected chi connectivity index (χ1v) is 7.53. The van der Waals surface area contributed by atoms with Crippen LogP contribution in [0, 0.1) is 5.92 Å². The second-order valence-corrected chi connectivity index (χ2v) is 6.27. The van der Waals surface area contributed by atoms with Gasteiger partial charge in [-0.25, -0.2) is 0 Å². The number of hydrogen-bond acceptors (Lipinski definition) is 2. The fraction of sp³-hybridized carbons (Fsp3) is 0.588. The van der Waals surface area contributed by atoms with Crippen molar-refractivity contribution in [3.8, 4) is 0 Å². The van der Waals surface area contributed by atoms with E-state index in [1.54, 1.807) is 6.92 Å². The van der Waals surface area contributed by atoms with Crippen LogP contribution in [-0.2, 0) is 11.3 Å². The zero-order chi connectivity index (χ0) is 14.7. The molecule has 0 heterocycles. The molecule has 1 saturated carbocycles. The minimum absolute atomic E-state index is 0.434. The Morgan fingerprint density at radius 1 is 1.25 bits per heavy atom. The van der Waals surface area contributed by atoms with E-state index in [1.165, 1.54) is 24.9 Å². The molecule has 0 bridgehead atoms. The van der Waals surface area contributed by atoms with E-state index in [2.05, 4.69) is 30.9 Å². The molecule has 20 heavy (non-hydrogen) atoms. The molecule has 1 atom stereocenters. The summed E-state index contributed by atoms with van der Waals surface area (Å²) in [6.07, 6.45) is 2.75. The van der Waals surface area contributed by atoms with Crippen molar-refractivity contribution in [1.82, 2.24) is 4.90 Å². The highest BCUT2D eigenvalue weighted by Crippen LogP contribution is 2.30. The van der Waals surface area contributed by atoms with Gasteiger partial charge in [0.2, 0.25) is 0 Å². The molecule has 1 unspecified atom stereocenters. The summed E-state index contributed by atoms with van der Waals surface area (Å²) in [6.45, 7) is 8.35. The van der Waals surface area contributed by atoms with Crippen LogP contribution >= 0.6 is 0 Å². The summed E-state index contributed by atoms with van der Waals surface area (Å²) in [5.41, 5.74) is 2.14. The van der Waals surface area contributed by atoms with Gasteiger partial charge in [-0.2, -0.15) is 0 Å². The quantitative estimate of drug-likeness (QED) is 0.828. The lowest BCUT2D eigenvalue weighted by molar-refractivity contribution is -0.138. The average molecular weight is 275 g/mol. The van der Waals surface area contributed by atoms with E-state index in [0.717, 1.165) is 18.0 Å². The molecule has 0 aromatic heterocycles. The topological polar surface area (TPSA) is 40.5 Å². The Labute approximate surface area is 121 Å². The molecule has 0 radical (unpaired) electrons.